The van der Waals surface area contributed by atoms with E-state index in [9.17, 15) is 4.79 Å². The van der Waals surface area contributed by atoms with Gasteiger partial charge in [0.15, 0.2) is 0 Å². The van der Waals surface area contributed by atoms with Crippen LogP contribution in [0.1, 0.15) is 55.4 Å². The van der Waals surface area contributed by atoms with E-state index in [1.54, 1.807) is 0 Å². The van der Waals surface area contributed by atoms with E-state index >= 15 is 0 Å². The van der Waals surface area contributed by atoms with E-state index in [-0.39, 0.29) is 11.9 Å². The Kier molecular flexibility index (Phi) is 6.24. The molecule has 0 unspecified atom stereocenters. The van der Waals surface area contributed by atoms with Gasteiger partial charge in [0.25, 0.3) is 0 Å². The molecule has 3 nitrogen and oxygen atoms in total. The lowest BCUT2D eigenvalue weighted by Crippen LogP contribution is -2.32. The van der Waals surface area contributed by atoms with Crippen molar-refractivity contribution >= 4 is 17.3 Å². The Morgan fingerprint density at radius 1 is 1.00 bits per heavy atom. The van der Waals surface area contributed by atoms with E-state index in [0.717, 1.165) is 28.9 Å². The quantitative estimate of drug-likeness (QED) is 0.723. The molecule has 2 aromatic carbocycles. The van der Waals surface area contributed by atoms with Crippen molar-refractivity contribution in [3.05, 3.63) is 58.7 Å². The van der Waals surface area contributed by atoms with E-state index < -0.39 is 0 Å². The van der Waals surface area contributed by atoms with E-state index in [4.69, 9.17) is 0 Å². The molecular formula is C22H30N2O. The summed E-state index contributed by atoms with van der Waals surface area (Å²) < 4.78 is 0. The number of hydrogen-bond donors (Lipinski definition) is 2. The van der Waals surface area contributed by atoms with Crippen molar-refractivity contribution in [1.29, 1.82) is 0 Å². The van der Waals surface area contributed by atoms with Gasteiger partial charge in [0.1, 0.15) is 6.04 Å². The zero-order chi connectivity index (χ0) is 18.6. The van der Waals surface area contributed by atoms with Crippen LogP contribution in [-0.4, -0.2) is 11.9 Å². The first-order valence-electron chi connectivity index (χ1n) is 9.07. The van der Waals surface area contributed by atoms with Crippen LogP contribution < -0.4 is 10.6 Å². The van der Waals surface area contributed by atoms with Crippen molar-refractivity contribution in [3.8, 4) is 0 Å². The van der Waals surface area contributed by atoms with Crippen molar-refractivity contribution in [2.24, 2.45) is 0 Å². The first kappa shape index (κ1) is 19.0. The molecule has 0 fully saturated rings. The first-order chi connectivity index (χ1) is 11.8. The average molecular weight is 338 g/mol. The first-order valence-corrected chi connectivity index (χ1v) is 9.07. The lowest BCUT2D eigenvalue weighted by Gasteiger charge is -2.18. The van der Waals surface area contributed by atoms with Gasteiger partial charge >= 0.3 is 0 Å². The van der Waals surface area contributed by atoms with Crippen molar-refractivity contribution in [1.82, 2.24) is 0 Å². The molecule has 1 amide bonds. The molecule has 0 saturated carbocycles. The molecule has 0 aromatic heterocycles. The molecule has 134 valence electrons. The molecule has 2 N–H and O–H groups in total. The van der Waals surface area contributed by atoms with Crippen LogP contribution in [0.3, 0.4) is 0 Å². The number of nitrogens with one attached hydrogen (secondary N) is 2. The Balaban J connectivity index is 2.03. The van der Waals surface area contributed by atoms with Crippen LogP contribution in [0.5, 0.6) is 0 Å². The second kappa shape index (κ2) is 8.19. The van der Waals surface area contributed by atoms with Crippen molar-refractivity contribution in [2.45, 2.75) is 59.9 Å². The number of carbonyl (C=O) groups excluding carboxylic acids is 1. The normalized spacial score (nSPS) is 13.2. The highest BCUT2D eigenvalue weighted by Crippen LogP contribution is 2.23. The number of benzene rings is 2. The van der Waals surface area contributed by atoms with Crippen LogP contribution in [-0.2, 0) is 4.79 Å². The Morgan fingerprint density at radius 2 is 1.56 bits per heavy atom. The molecule has 2 atom stereocenters. The van der Waals surface area contributed by atoms with Gasteiger partial charge in [-0.2, -0.15) is 0 Å². The van der Waals surface area contributed by atoms with Gasteiger partial charge in [0.2, 0.25) is 5.91 Å². The van der Waals surface area contributed by atoms with Crippen LogP contribution in [0.15, 0.2) is 36.4 Å². The Bertz CT molecular complexity index is 711. The molecule has 0 radical (unpaired) electrons. The van der Waals surface area contributed by atoms with Crippen LogP contribution in [0.2, 0.25) is 0 Å². The SMILES string of the molecule is CC[C@@H](C)c1ccc(N[C@H](C)C(=O)Nc2c(C)cc(C)cc2C)cc1. The van der Waals surface area contributed by atoms with Crippen molar-refractivity contribution in [2.75, 3.05) is 10.6 Å². The minimum atomic E-state index is -0.311. The summed E-state index contributed by atoms with van der Waals surface area (Å²) in [5.74, 6) is 0.531. The van der Waals surface area contributed by atoms with Gasteiger partial charge in [-0.15, -0.1) is 0 Å². The standard InChI is InChI=1S/C22H30N2O/c1-7-15(3)19-8-10-20(11-9-19)23-18(6)22(25)24-21-16(4)12-14(2)13-17(21)5/h8-13,15,18,23H,7H2,1-6H3,(H,24,25)/t15-,18-/m1/s1. The summed E-state index contributed by atoms with van der Waals surface area (Å²) in [4.78, 5) is 12.6. The van der Waals surface area contributed by atoms with E-state index in [1.165, 1.54) is 11.1 Å². The maximum Gasteiger partial charge on any atom is 0.246 e. The van der Waals surface area contributed by atoms with Gasteiger partial charge in [-0.1, -0.05) is 43.7 Å². The maximum absolute atomic E-state index is 12.6. The maximum atomic E-state index is 12.6. The fourth-order valence-corrected chi connectivity index (χ4v) is 3.07. The van der Waals surface area contributed by atoms with Crippen molar-refractivity contribution in [3.63, 3.8) is 0 Å². The van der Waals surface area contributed by atoms with E-state index in [0.29, 0.717) is 5.92 Å². The van der Waals surface area contributed by atoms with Crippen LogP contribution >= 0.6 is 0 Å². The molecule has 2 rings (SSSR count). The van der Waals surface area contributed by atoms with Crippen LogP contribution in [0, 0.1) is 20.8 Å². The summed E-state index contributed by atoms with van der Waals surface area (Å²) in [6.45, 7) is 12.4. The van der Waals surface area contributed by atoms with Gasteiger partial charge in [0, 0.05) is 11.4 Å². The molecule has 0 aliphatic rings. The van der Waals surface area contributed by atoms with Gasteiger partial charge in [-0.05, 0) is 68.9 Å². The molecule has 0 heterocycles. The van der Waals surface area contributed by atoms with Crippen LogP contribution in [0.4, 0.5) is 11.4 Å². The van der Waals surface area contributed by atoms with Gasteiger partial charge in [-0.3, -0.25) is 4.79 Å². The molecule has 0 bridgehead atoms. The second-order valence-electron chi connectivity index (χ2n) is 7.06. The van der Waals surface area contributed by atoms with Gasteiger partial charge in [-0.25, -0.2) is 0 Å². The predicted octanol–water partition coefficient (Wildman–Crippen LogP) is 5.56. The molecule has 3 heteroatoms. The smallest absolute Gasteiger partial charge is 0.246 e. The highest BCUT2D eigenvalue weighted by molar-refractivity contribution is 5.97. The summed E-state index contributed by atoms with van der Waals surface area (Å²) in [6.07, 6.45) is 1.13. The fraction of sp³-hybridized carbons (Fsp3) is 0.409. The van der Waals surface area contributed by atoms with Crippen LogP contribution in [0.25, 0.3) is 0 Å². The summed E-state index contributed by atoms with van der Waals surface area (Å²) >= 11 is 0. The van der Waals surface area contributed by atoms with E-state index in [1.807, 2.05) is 32.9 Å². The molecule has 0 aliphatic carbocycles. The predicted molar refractivity (Wildman–Crippen MR) is 108 cm³/mol. The van der Waals surface area contributed by atoms with Gasteiger partial charge < -0.3 is 10.6 Å². The number of rotatable bonds is 6. The third-order valence-electron chi connectivity index (χ3n) is 4.79. The molecular weight excluding hydrogens is 308 g/mol. The zero-order valence-electron chi connectivity index (χ0n) is 16.2. The Morgan fingerprint density at radius 3 is 2.08 bits per heavy atom. The summed E-state index contributed by atoms with van der Waals surface area (Å²) in [5, 5.41) is 6.35. The third kappa shape index (κ3) is 4.85. The molecule has 2 aromatic rings. The summed E-state index contributed by atoms with van der Waals surface area (Å²) in [7, 11) is 0. The molecule has 0 aliphatic heterocycles. The number of aryl methyl sites for hydroxylation is 3. The number of hydrogen-bond acceptors (Lipinski definition) is 2. The third-order valence-corrected chi connectivity index (χ3v) is 4.79. The average Bonchev–Trinajstić information content (AvgIpc) is 2.57. The Labute approximate surface area is 151 Å². The number of carbonyl (C=O) groups is 1. The second-order valence-corrected chi connectivity index (χ2v) is 7.06. The molecule has 0 saturated heterocycles. The minimum Gasteiger partial charge on any atom is -0.374 e. The lowest BCUT2D eigenvalue weighted by atomic mass is 9.98. The summed E-state index contributed by atoms with van der Waals surface area (Å²) in [5.41, 5.74) is 6.60. The minimum absolute atomic E-state index is 0.0268. The fourth-order valence-electron chi connectivity index (χ4n) is 3.07. The highest BCUT2D eigenvalue weighted by Gasteiger charge is 2.15. The van der Waals surface area contributed by atoms with Gasteiger partial charge in [0.05, 0.1) is 0 Å². The number of amides is 1. The number of anilines is 2. The lowest BCUT2D eigenvalue weighted by molar-refractivity contribution is -0.116. The molecule has 0 spiro atoms. The Hall–Kier alpha value is -2.29. The molecule has 25 heavy (non-hydrogen) atoms. The highest BCUT2D eigenvalue weighted by atomic mass is 16.2. The zero-order valence-corrected chi connectivity index (χ0v) is 16.2. The largest absolute Gasteiger partial charge is 0.374 e. The topological polar surface area (TPSA) is 41.1 Å². The van der Waals surface area contributed by atoms with E-state index in [2.05, 4.69) is 55.7 Å². The monoisotopic (exact) mass is 338 g/mol. The van der Waals surface area contributed by atoms with Crippen molar-refractivity contribution < 1.29 is 4.79 Å². The summed E-state index contributed by atoms with van der Waals surface area (Å²) in [6, 6.07) is 12.2.